The summed E-state index contributed by atoms with van der Waals surface area (Å²) in [6, 6.07) is 62.0. The smallest absolute Gasteiger partial charge is 0.124 e. The Morgan fingerprint density at radius 2 is 1.13 bits per heavy atom. The highest BCUT2D eigenvalue weighted by Crippen LogP contribution is 2.42. The monoisotopic (exact) mass is 691 g/mol. The molecule has 1 atom stereocenters. The first-order valence-electron chi connectivity index (χ1n) is 18.9. The maximum absolute atomic E-state index is 3.91. The van der Waals surface area contributed by atoms with Crippen molar-refractivity contribution in [2.45, 2.75) is 19.0 Å². The van der Waals surface area contributed by atoms with Crippen molar-refractivity contribution in [1.29, 1.82) is 0 Å². The molecule has 0 amide bonds. The molecule has 1 N–H and O–H groups in total. The number of fused-ring (bicyclic) bond motifs is 7. The van der Waals surface area contributed by atoms with Crippen LogP contribution in [0.2, 0.25) is 0 Å². The Kier molecular flexibility index (Phi) is 7.06. The van der Waals surface area contributed by atoms with Crippen LogP contribution in [0.1, 0.15) is 35.0 Å². The third-order valence-electron chi connectivity index (χ3n) is 11.4. The van der Waals surface area contributed by atoms with E-state index in [9.17, 15) is 0 Å². The van der Waals surface area contributed by atoms with Crippen molar-refractivity contribution in [2.24, 2.45) is 0 Å². The van der Waals surface area contributed by atoms with Gasteiger partial charge in [0.1, 0.15) is 6.17 Å². The second kappa shape index (κ2) is 12.4. The summed E-state index contributed by atoms with van der Waals surface area (Å²) in [6.07, 6.45) is 9.09. The molecule has 0 radical (unpaired) electrons. The molecule has 0 saturated carbocycles. The molecule has 2 aliphatic rings. The van der Waals surface area contributed by atoms with Crippen LogP contribution in [-0.4, -0.2) is 9.13 Å². The largest absolute Gasteiger partial charge is 0.361 e. The zero-order chi connectivity index (χ0) is 35.6. The van der Waals surface area contributed by atoms with Gasteiger partial charge in [0, 0.05) is 44.4 Å². The van der Waals surface area contributed by atoms with Crippen LogP contribution in [-0.2, 0) is 6.42 Å². The molecule has 3 heteroatoms. The third kappa shape index (κ3) is 4.89. The number of nitrogens with one attached hydrogen (secondary N) is 1. The maximum Gasteiger partial charge on any atom is 0.124 e. The fourth-order valence-electron chi connectivity index (χ4n) is 8.91. The van der Waals surface area contributed by atoms with Crippen molar-refractivity contribution < 1.29 is 0 Å². The Bertz CT molecular complexity index is 2940. The average Bonchev–Trinajstić information content (AvgIpc) is 3.76. The quantitative estimate of drug-likeness (QED) is 0.191. The lowest BCUT2D eigenvalue weighted by molar-refractivity contribution is 0.722. The SMILES string of the molecule is C1=Cc2c(n(-c3ccccc3)c3ccc(-c4ccc5c(c4)c4ccccc4n5C4C=C(c5ccc(-c6ccccc6)cc5)c5ccccc5N4)cc23)CC1. The van der Waals surface area contributed by atoms with Crippen molar-refractivity contribution in [2.75, 3.05) is 5.32 Å². The standard InChI is InChI=1S/C51H37N3/c1-3-13-34(14-4-1)35-23-25-36(26-24-35)43-33-51(52-46-20-10-7-17-40(43)46)54-48-22-12-9-19-42(48)45-32-38(28-30-50(45)54)37-27-29-49-44(31-37)41-18-8-11-21-47(41)53(49)39-15-5-2-6-16-39/h1-10,12-20,22-33,51-52H,11,21H2. The Morgan fingerprint density at radius 3 is 1.96 bits per heavy atom. The van der Waals surface area contributed by atoms with Crippen molar-refractivity contribution in [3.8, 4) is 27.9 Å². The minimum atomic E-state index is -0.0793. The number of hydrogen-bond donors (Lipinski definition) is 1. The van der Waals surface area contributed by atoms with Crippen LogP contribution < -0.4 is 5.32 Å². The van der Waals surface area contributed by atoms with Crippen LogP contribution in [0.4, 0.5) is 5.69 Å². The van der Waals surface area contributed by atoms with Gasteiger partial charge in [-0.2, -0.15) is 0 Å². The van der Waals surface area contributed by atoms with E-state index >= 15 is 0 Å². The normalized spacial score (nSPS) is 14.9. The zero-order valence-corrected chi connectivity index (χ0v) is 29.8. The Hall–Kier alpha value is -6.84. The minimum Gasteiger partial charge on any atom is -0.361 e. The molecule has 7 aromatic carbocycles. The fraction of sp³-hybridized carbons (Fsp3) is 0.0588. The maximum atomic E-state index is 3.91. The summed E-state index contributed by atoms with van der Waals surface area (Å²) < 4.78 is 4.94. The van der Waals surface area contributed by atoms with E-state index in [2.05, 4.69) is 203 Å². The first-order valence-corrected chi connectivity index (χ1v) is 18.9. The van der Waals surface area contributed by atoms with E-state index in [0.717, 1.165) is 18.5 Å². The highest BCUT2D eigenvalue weighted by atomic mass is 15.2. The first kappa shape index (κ1) is 30.8. The van der Waals surface area contributed by atoms with Crippen LogP contribution in [0.15, 0.2) is 182 Å². The second-order valence-corrected chi connectivity index (χ2v) is 14.5. The van der Waals surface area contributed by atoms with Gasteiger partial charge in [-0.05, 0) is 101 Å². The molecular weight excluding hydrogens is 655 g/mol. The van der Waals surface area contributed by atoms with Crippen molar-refractivity contribution >= 4 is 50.0 Å². The van der Waals surface area contributed by atoms with Gasteiger partial charge in [-0.15, -0.1) is 0 Å². The number of nitrogens with zero attached hydrogens (tertiary/aromatic N) is 2. The van der Waals surface area contributed by atoms with Gasteiger partial charge in [-0.1, -0.05) is 133 Å². The first-order chi connectivity index (χ1) is 26.8. The van der Waals surface area contributed by atoms with Gasteiger partial charge in [0.15, 0.2) is 0 Å². The van der Waals surface area contributed by atoms with E-state index in [-0.39, 0.29) is 6.17 Å². The van der Waals surface area contributed by atoms with Crippen molar-refractivity contribution in [3.05, 3.63) is 204 Å². The Labute approximate surface area is 314 Å². The van der Waals surface area contributed by atoms with Crippen LogP contribution in [0, 0.1) is 0 Å². The molecule has 54 heavy (non-hydrogen) atoms. The minimum absolute atomic E-state index is 0.0793. The summed E-state index contributed by atoms with van der Waals surface area (Å²) in [5.74, 6) is 0. The van der Waals surface area contributed by atoms with Gasteiger partial charge in [-0.25, -0.2) is 0 Å². The van der Waals surface area contributed by atoms with Crippen LogP contribution in [0.5, 0.6) is 0 Å². The highest BCUT2D eigenvalue weighted by Gasteiger charge is 2.25. The number of benzene rings is 7. The Morgan fingerprint density at radius 1 is 0.500 bits per heavy atom. The predicted molar refractivity (Wildman–Crippen MR) is 227 cm³/mol. The van der Waals surface area contributed by atoms with Gasteiger partial charge in [0.05, 0.1) is 16.6 Å². The molecule has 1 unspecified atom stereocenters. The highest BCUT2D eigenvalue weighted by molar-refractivity contribution is 6.10. The summed E-state index contributed by atoms with van der Waals surface area (Å²) in [5.41, 5.74) is 17.4. The van der Waals surface area contributed by atoms with Crippen LogP contribution >= 0.6 is 0 Å². The summed E-state index contributed by atoms with van der Waals surface area (Å²) in [4.78, 5) is 0. The lowest BCUT2D eigenvalue weighted by Crippen LogP contribution is -2.20. The van der Waals surface area contributed by atoms with Crippen molar-refractivity contribution in [1.82, 2.24) is 9.13 Å². The van der Waals surface area contributed by atoms with Crippen LogP contribution in [0.25, 0.3) is 72.3 Å². The number of rotatable bonds is 5. The van der Waals surface area contributed by atoms with E-state index in [1.54, 1.807) is 0 Å². The van der Waals surface area contributed by atoms with E-state index < -0.39 is 0 Å². The number of allylic oxidation sites excluding steroid dienone is 1. The summed E-state index contributed by atoms with van der Waals surface area (Å²) in [7, 11) is 0. The molecule has 1 aliphatic heterocycles. The predicted octanol–water partition coefficient (Wildman–Crippen LogP) is 13.1. The number of aromatic nitrogens is 2. The molecule has 256 valence electrons. The van der Waals surface area contributed by atoms with Crippen LogP contribution in [0.3, 0.4) is 0 Å². The molecule has 9 aromatic rings. The lowest BCUT2D eigenvalue weighted by atomic mass is 9.91. The summed E-state index contributed by atoms with van der Waals surface area (Å²) in [6.45, 7) is 0. The van der Waals surface area contributed by atoms with Gasteiger partial charge >= 0.3 is 0 Å². The van der Waals surface area contributed by atoms with E-state index in [1.165, 1.54) is 88.6 Å². The molecule has 3 nitrogen and oxygen atoms in total. The zero-order valence-electron chi connectivity index (χ0n) is 29.8. The average molecular weight is 692 g/mol. The lowest BCUT2D eigenvalue weighted by Gasteiger charge is -2.29. The fourth-order valence-corrected chi connectivity index (χ4v) is 8.91. The molecule has 11 rings (SSSR count). The summed E-state index contributed by atoms with van der Waals surface area (Å²) >= 11 is 0. The topological polar surface area (TPSA) is 21.9 Å². The molecule has 0 saturated heterocycles. The van der Waals surface area contributed by atoms with Gasteiger partial charge in [-0.3, -0.25) is 0 Å². The molecular formula is C51H37N3. The molecule has 2 aromatic heterocycles. The van der Waals surface area contributed by atoms with E-state index in [1.807, 2.05) is 0 Å². The van der Waals surface area contributed by atoms with Gasteiger partial charge in [0.2, 0.25) is 0 Å². The van der Waals surface area contributed by atoms with E-state index in [0.29, 0.717) is 0 Å². The molecule has 3 heterocycles. The van der Waals surface area contributed by atoms with E-state index in [4.69, 9.17) is 0 Å². The molecule has 0 fully saturated rings. The number of hydrogen-bond acceptors (Lipinski definition) is 1. The van der Waals surface area contributed by atoms with Crippen molar-refractivity contribution in [3.63, 3.8) is 0 Å². The molecule has 0 bridgehead atoms. The molecule has 0 spiro atoms. The third-order valence-corrected chi connectivity index (χ3v) is 11.4. The summed E-state index contributed by atoms with van der Waals surface area (Å²) in [5, 5.41) is 7.74. The van der Waals surface area contributed by atoms with Gasteiger partial charge < -0.3 is 14.5 Å². The second-order valence-electron chi connectivity index (χ2n) is 14.5. The molecule has 1 aliphatic carbocycles. The van der Waals surface area contributed by atoms with Gasteiger partial charge in [0.25, 0.3) is 0 Å². The number of anilines is 1. The number of para-hydroxylation sites is 3. The Balaban J connectivity index is 1.04.